The topological polar surface area (TPSA) is 114 Å². The number of aryl methyl sites for hydroxylation is 1. The third-order valence-electron chi connectivity index (χ3n) is 4.97. The molecule has 0 radical (unpaired) electrons. The molecule has 178 valence electrons. The van der Waals surface area contributed by atoms with E-state index >= 15 is 0 Å². The van der Waals surface area contributed by atoms with Crippen LogP contribution in [-0.2, 0) is 11.4 Å². The number of amides is 1. The van der Waals surface area contributed by atoms with Crippen LogP contribution in [0.25, 0.3) is 6.08 Å². The highest BCUT2D eigenvalue weighted by Crippen LogP contribution is 2.35. The first kappa shape index (κ1) is 26.0. The van der Waals surface area contributed by atoms with Crippen molar-refractivity contribution in [2.75, 3.05) is 12.4 Å². The number of methoxy groups -OCH3 is 1. The van der Waals surface area contributed by atoms with Gasteiger partial charge in [-0.05, 0) is 70.5 Å². The smallest absolute Gasteiger partial charge is 0.271 e. The maximum Gasteiger partial charge on any atom is 0.271 e. The van der Waals surface area contributed by atoms with Crippen LogP contribution < -0.4 is 14.8 Å². The lowest BCUT2D eigenvalue weighted by atomic mass is 10.1. The lowest BCUT2D eigenvalue weighted by Gasteiger charge is -2.15. The summed E-state index contributed by atoms with van der Waals surface area (Å²) >= 11 is 8.14. The second kappa shape index (κ2) is 11.7. The number of ether oxygens (including phenoxy) is 2. The molecule has 3 aromatic rings. The van der Waals surface area contributed by atoms with Gasteiger partial charge in [0.2, 0.25) is 0 Å². The van der Waals surface area contributed by atoms with E-state index in [-0.39, 0.29) is 22.0 Å². The summed E-state index contributed by atoms with van der Waals surface area (Å²) in [5.74, 6) is 0.222. The van der Waals surface area contributed by atoms with Gasteiger partial charge in [-0.1, -0.05) is 35.9 Å². The van der Waals surface area contributed by atoms with Crippen LogP contribution in [-0.4, -0.2) is 17.9 Å². The van der Waals surface area contributed by atoms with E-state index in [4.69, 9.17) is 21.1 Å². The largest absolute Gasteiger partial charge is 0.493 e. The van der Waals surface area contributed by atoms with Crippen molar-refractivity contribution in [3.63, 3.8) is 0 Å². The molecule has 0 saturated carbocycles. The summed E-state index contributed by atoms with van der Waals surface area (Å²) in [5, 5.41) is 23.1. The number of nitriles is 1. The van der Waals surface area contributed by atoms with E-state index in [1.165, 1.54) is 25.3 Å². The van der Waals surface area contributed by atoms with Crippen LogP contribution in [0.4, 0.5) is 11.4 Å². The van der Waals surface area contributed by atoms with Crippen molar-refractivity contribution in [2.24, 2.45) is 0 Å². The zero-order valence-corrected chi connectivity index (χ0v) is 21.6. The van der Waals surface area contributed by atoms with Gasteiger partial charge in [0, 0.05) is 12.1 Å². The quantitative estimate of drug-likeness (QED) is 0.106. The van der Waals surface area contributed by atoms with Gasteiger partial charge in [-0.25, -0.2) is 0 Å². The van der Waals surface area contributed by atoms with Crippen LogP contribution in [0.15, 0.2) is 60.2 Å². The predicted octanol–water partition coefficient (Wildman–Crippen LogP) is 6.29. The molecule has 0 aliphatic heterocycles. The van der Waals surface area contributed by atoms with Gasteiger partial charge in [0.25, 0.3) is 11.6 Å². The molecule has 1 N–H and O–H groups in total. The van der Waals surface area contributed by atoms with Gasteiger partial charge in [-0.2, -0.15) is 5.26 Å². The second-order valence-electron chi connectivity index (χ2n) is 7.29. The predicted molar refractivity (Wildman–Crippen MR) is 142 cm³/mol. The van der Waals surface area contributed by atoms with E-state index in [0.29, 0.717) is 23.7 Å². The highest BCUT2D eigenvalue weighted by Gasteiger charge is 2.17. The first-order chi connectivity index (χ1) is 16.7. The number of nitro benzene ring substituents is 1. The first-order valence-corrected chi connectivity index (χ1v) is 11.6. The number of hydrogen-bond acceptors (Lipinski definition) is 6. The standard InChI is InChI=1S/C25H19ClIN3O5/c1-15-5-3-4-6-17(15)14-35-24-21(27)10-16(11-23(24)34-2)9-18(13-28)25(31)29-22-12-19(30(32)33)7-8-20(22)26/h3-12H,14H2,1-2H3,(H,29,31)/b18-9+. The average molecular weight is 604 g/mol. The summed E-state index contributed by atoms with van der Waals surface area (Å²) < 4.78 is 12.2. The third kappa shape index (κ3) is 6.49. The first-order valence-electron chi connectivity index (χ1n) is 10.2. The second-order valence-corrected chi connectivity index (χ2v) is 8.86. The van der Waals surface area contributed by atoms with E-state index in [2.05, 4.69) is 27.9 Å². The van der Waals surface area contributed by atoms with Gasteiger partial charge in [-0.15, -0.1) is 0 Å². The van der Waals surface area contributed by atoms with Gasteiger partial charge in [-0.3, -0.25) is 14.9 Å². The Morgan fingerprint density at radius 1 is 1.26 bits per heavy atom. The van der Waals surface area contributed by atoms with E-state index < -0.39 is 10.8 Å². The summed E-state index contributed by atoms with van der Waals surface area (Å²) in [7, 11) is 1.50. The summed E-state index contributed by atoms with van der Waals surface area (Å²) in [6.45, 7) is 2.36. The molecule has 35 heavy (non-hydrogen) atoms. The molecule has 10 heteroatoms. The van der Waals surface area contributed by atoms with Gasteiger partial charge < -0.3 is 14.8 Å². The van der Waals surface area contributed by atoms with Crippen LogP contribution >= 0.6 is 34.2 Å². The Bertz CT molecular complexity index is 1370. The Kier molecular flexibility index (Phi) is 8.68. The van der Waals surface area contributed by atoms with Crippen LogP contribution in [0.1, 0.15) is 16.7 Å². The molecule has 1 amide bonds. The third-order valence-corrected chi connectivity index (χ3v) is 6.10. The summed E-state index contributed by atoms with van der Waals surface area (Å²) in [4.78, 5) is 23.1. The van der Waals surface area contributed by atoms with E-state index in [1.54, 1.807) is 12.1 Å². The van der Waals surface area contributed by atoms with Crippen molar-refractivity contribution in [1.29, 1.82) is 5.26 Å². The highest BCUT2D eigenvalue weighted by atomic mass is 127. The van der Waals surface area contributed by atoms with Crippen molar-refractivity contribution in [3.05, 3.63) is 95.6 Å². The Morgan fingerprint density at radius 2 is 2.00 bits per heavy atom. The monoisotopic (exact) mass is 603 g/mol. The minimum absolute atomic E-state index is 0.0270. The zero-order valence-electron chi connectivity index (χ0n) is 18.7. The molecular weight excluding hydrogens is 585 g/mol. The number of hydrogen-bond donors (Lipinski definition) is 1. The van der Waals surface area contributed by atoms with Crippen molar-refractivity contribution < 1.29 is 19.2 Å². The molecule has 3 aromatic carbocycles. The number of carbonyl (C=O) groups is 1. The minimum Gasteiger partial charge on any atom is -0.493 e. The Hall–Kier alpha value is -3.62. The summed E-state index contributed by atoms with van der Waals surface area (Å²) in [6, 6.07) is 16.8. The molecule has 0 aromatic heterocycles. The van der Waals surface area contributed by atoms with Gasteiger partial charge in [0.1, 0.15) is 18.2 Å². The van der Waals surface area contributed by atoms with E-state index in [1.807, 2.05) is 37.3 Å². The molecule has 3 rings (SSSR count). The summed E-state index contributed by atoms with van der Waals surface area (Å²) in [5.41, 5.74) is 2.24. The number of nitro groups is 1. The number of carbonyl (C=O) groups excluding carboxylic acids is 1. The van der Waals surface area contributed by atoms with Gasteiger partial charge >= 0.3 is 0 Å². The van der Waals surface area contributed by atoms with Crippen LogP contribution in [0.3, 0.4) is 0 Å². The molecule has 0 unspecified atom stereocenters. The Labute approximate surface area is 220 Å². The fraction of sp³-hybridized carbons (Fsp3) is 0.120. The lowest BCUT2D eigenvalue weighted by Crippen LogP contribution is -2.14. The molecule has 0 atom stereocenters. The van der Waals surface area contributed by atoms with Gasteiger partial charge in [0.05, 0.1) is 26.3 Å². The van der Waals surface area contributed by atoms with E-state index in [9.17, 15) is 20.2 Å². The maximum absolute atomic E-state index is 12.7. The molecule has 0 aliphatic rings. The zero-order chi connectivity index (χ0) is 25.5. The molecule has 0 bridgehead atoms. The Morgan fingerprint density at radius 3 is 2.66 bits per heavy atom. The fourth-order valence-corrected chi connectivity index (χ4v) is 4.06. The van der Waals surface area contributed by atoms with Crippen molar-refractivity contribution in [1.82, 2.24) is 0 Å². The Balaban J connectivity index is 1.85. The molecule has 0 aliphatic carbocycles. The van der Waals surface area contributed by atoms with Crippen LogP contribution in [0.2, 0.25) is 5.02 Å². The van der Waals surface area contributed by atoms with Crippen molar-refractivity contribution >= 4 is 57.5 Å². The van der Waals surface area contributed by atoms with E-state index in [0.717, 1.165) is 20.8 Å². The summed E-state index contributed by atoms with van der Waals surface area (Å²) in [6.07, 6.45) is 1.39. The molecule has 0 heterocycles. The minimum atomic E-state index is -0.760. The SMILES string of the molecule is COc1cc(/C=C(\C#N)C(=O)Nc2cc([N+](=O)[O-])ccc2Cl)cc(I)c1OCc1ccccc1C. The molecule has 0 saturated heterocycles. The van der Waals surface area contributed by atoms with Crippen LogP contribution in [0, 0.1) is 31.9 Å². The number of nitrogens with zero attached hydrogens (tertiary/aromatic N) is 2. The van der Waals surface area contributed by atoms with Crippen molar-refractivity contribution in [2.45, 2.75) is 13.5 Å². The van der Waals surface area contributed by atoms with Crippen molar-refractivity contribution in [3.8, 4) is 17.6 Å². The number of nitrogens with one attached hydrogen (secondary N) is 1. The normalized spacial score (nSPS) is 10.9. The number of rotatable bonds is 8. The fourth-order valence-electron chi connectivity index (χ4n) is 3.11. The van der Waals surface area contributed by atoms with Crippen LogP contribution in [0.5, 0.6) is 11.5 Å². The number of anilines is 1. The molecule has 8 nitrogen and oxygen atoms in total. The molecule has 0 spiro atoms. The number of non-ortho nitro benzene ring substituents is 1. The number of benzene rings is 3. The highest BCUT2D eigenvalue weighted by molar-refractivity contribution is 14.1. The molecule has 0 fully saturated rings. The lowest BCUT2D eigenvalue weighted by molar-refractivity contribution is -0.384. The number of halogens is 2. The maximum atomic E-state index is 12.7. The molecular formula is C25H19ClIN3O5. The van der Waals surface area contributed by atoms with Gasteiger partial charge in [0.15, 0.2) is 11.5 Å². The average Bonchev–Trinajstić information content (AvgIpc) is 2.83.